The highest BCUT2D eigenvalue weighted by molar-refractivity contribution is 5.87. The van der Waals surface area contributed by atoms with Gasteiger partial charge in [-0.2, -0.15) is 0 Å². The monoisotopic (exact) mass is 264 g/mol. The normalized spacial score (nSPS) is 11.8. The van der Waals surface area contributed by atoms with Crippen molar-refractivity contribution in [3.05, 3.63) is 60.4 Å². The summed E-state index contributed by atoms with van der Waals surface area (Å²) in [6.45, 7) is -0.113. The summed E-state index contributed by atoms with van der Waals surface area (Å²) in [6, 6.07) is 17.5. The van der Waals surface area contributed by atoms with Crippen molar-refractivity contribution in [1.29, 1.82) is 0 Å². The first-order valence-electron chi connectivity index (χ1n) is 6.47. The number of hydrogen-bond acceptors (Lipinski definition) is 3. The number of para-hydroxylation sites is 2. The molecule has 20 heavy (non-hydrogen) atoms. The zero-order valence-electron chi connectivity index (χ0n) is 10.7. The Labute approximate surface area is 116 Å². The number of benzene rings is 2. The molecule has 2 heterocycles. The van der Waals surface area contributed by atoms with E-state index in [2.05, 4.69) is 0 Å². The van der Waals surface area contributed by atoms with Crippen LogP contribution in [0.2, 0.25) is 0 Å². The third-order valence-electron chi connectivity index (χ3n) is 3.47. The van der Waals surface area contributed by atoms with Crippen LogP contribution >= 0.6 is 0 Å². The van der Waals surface area contributed by atoms with Crippen LogP contribution in [0.1, 0.15) is 5.76 Å². The topological polar surface area (TPSA) is 42.6 Å². The third-order valence-corrected chi connectivity index (χ3v) is 3.47. The molecule has 0 spiro atoms. The van der Waals surface area contributed by atoms with Crippen molar-refractivity contribution in [2.24, 2.45) is 0 Å². The number of furan rings is 1. The zero-order chi connectivity index (χ0) is 13.5. The summed E-state index contributed by atoms with van der Waals surface area (Å²) in [6.07, 6.45) is 0. The van der Waals surface area contributed by atoms with Crippen molar-refractivity contribution < 1.29 is 14.3 Å². The van der Waals surface area contributed by atoms with Crippen molar-refractivity contribution in [3.8, 4) is 33.9 Å². The van der Waals surface area contributed by atoms with Gasteiger partial charge in [0.25, 0.3) is 0 Å². The Morgan fingerprint density at radius 2 is 1.45 bits per heavy atom. The fraction of sp³-hybridized carbons (Fsp3) is 0.0588. The Bertz CT molecular complexity index is 723. The van der Waals surface area contributed by atoms with Gasteiger partial charge >= 0.3 is 0 Å². The molecule has 0 saturated heterocycles. The number of aliphatic hydroxyl groups is 1. The molecule has 0 unspecified atom stereocenters. The van der Waals surface area contributed by atoms with Crippen LogP contribution in [0.5, 0.6) is 11.5 Å². The molecular weight excluding hydrogens is 252 g/mol. The molecule has 0 aliphatic carbocycles. The van der Waals surface area contributed by atoms with E-state index in [1.807, 2.05) is 54.6 Å². The fourth-order valence-electron chi connectivity index (χ4n) is 2.56. The molecule has 1 aliphatic rings. The Hall–Kier alpha value is -2.52. The van der Waals surface area contributed by atoms with Gasteiger partial charge in [0.15, 0.2) is 0 Å². The van der Waals surface area contributed by atoms with E-state index in [1.165, 1.54) is 0 Å². The molecule has 0 radical (unpaired) electrons. The van der Waals surface area contributed by atoms with Gasteiger partial charge in [0.2, 0.25) is 0 Å². The summed E-state index contributed by atoms with van der Waals surface area (Å²) >= 11 is 0. The number of ether oxygens (including phenoxy) is 1. The highest BCUT2D eigenvalue weighted by Gasteiger charge is 2.24. The molecule has 0 atom stereocenters. The van der Waals surface area contributed by atoms with E-state index in [0.29, 0.717) is 5.76 Å². The van der Waals surface area contributed by atoms with Crippen LogP contribution in [0.15, 0.2) is 59.0 Å². The summed E-state index contributed by atoms with van der Waals surface area (Å²) in [5.74, 6) is 2.86. The van der Waals surface area contributed by atoms with E-state index in [4.69, 9.17) is 9.15 Å². The second-order valence-electron chi connectivity index (χ2n) is 4.71. The summed E-state index contributed by atoms with van der Waals surface area (Å²) in [4.78, 5) is 0. The number of fused-ring (bicyclic) bond motifs is 5. The molecule has 4 rings (SSSR count). The van der Waals surface area contributed by atoms with Gasteiger partial charge < -0.3 is 14.3 Å². The van der Waals surface area contributed by atoms with Crippen LogP contribution in [-0.2, 0) is 6.61 Å². The van der Waals surface area contributed by atoms with Crippen LogP contribution in [0.3, 0.4) is 0 Å². The summed E-state index contributed by atoms with van der Waals surface area (Å²) < 4.78 is 11.8. The van der Waals surface area contributed by atoms with Crippen LogP contribution in [0, 0.1) is 0 Å². The fourth-order valence-corrected chi connectivity index (χ4v) is 2.56. The highest BCUT2D eigenvalue weighted by atomic mass is 16.5. The van der Waals surface area contributed by atoms with Gasteiger partial charge in [0, 0.05) is 11.1 Å². The Morgan fingerprint density at radius 1 is 0.800 bits per heavy atom. The molecule has 3 heteroatoms. The van der Waals surface area contributed by atoms with E-state index in [1.54, 1.807) is 0 Å². The molecule has 1 aromatic heterocycles. The van der Waals surface area contributed by atoms with Crippen molar-refractivity contribution in [1.82, 2.24) is 0 Å². The average molecular weight is 264 g/mol. The molecule has 3 nitrogen and oxygen atoms in total. The van der Waals surface area contributed by atoms with Gasteiger partial charge in [-0.15, -0.1) is 0 Å². The highest BCUT2D eigenvalue weighted by Crippen LogP contribution is 2.47. The molecule has 0 amide bonds. The lowest BCUT2D eigenvalue weighted by Gasteiger charge is -2.08. The first-order chi connectivity index (χ1) is 9.86. The molecule has 0 bridgehead atoms. The van der Waals surface area contributed by atoms with Crippen molar-refractivity contribution in [2.75, 3.05) is 0 Å². The lowest BCUT2D eigenvalue weighted by atomic mass is 10.0. The van der Waals surface area contributed by atoms with E-state index in [9.17, 15) is 5.11 Å². The quantitative estimate of drug-likeness (QED) is 0.560. The minimum atomic E-state index is -0.113. The minimum Gasteiger partial charge on any atom is -0.458 e. The zero-order valence-corrected chi connectivity index (χ0v) is 10.7. The van der Waals surface area contributed by atoms with Gasteiger partial charge in [-0.1, -0.05) is 30.3 Å². The van der Waals surface area contributed by atoms with Crippen molar-refractivity contribution in [2.45, 2.75) is 6.61 Å². The molecule has 0 saturated carbocycles. The first-order valence-corrected chi connectivity index (χ1v) is 6.47. The Balaban J connectivity index is 2.08. The Morgan fingerprint density at radius 3 is 2.20 bits per heavy atom. The van der Waals surface area contributed by atoms with Crippen LogP contribution in [0.25, 0.3) is 22.5 Å². The third kappa shape index (κ3) is 1.57. The minimum absolute atomic E-state index is 0.113. The van der Waals surface area contributed by atoms with Crippen LogP contribution in [0.4, 0.5) is 0 Å². The van der Waals surface area contributed by atoms with Gasteiger partial charge in [-0.05, 0) is 24.3 Å². The molecule has 2 aromatic carbocycles. The van der Waals surface area contributed by atoms with E-state index in [-0.39, 0.29) is 6.61 Å². The van der Waals surface area contributed by atoms with Gasteiger partial charge in [0.05, 0.1) is 5.56 Å². The number of aliphatic hydroxyl groups excluding tert-OH is 1. The maximum absolute atomic E-state index is 9.33. The number of rotatable bonds is 1. The second-order valence-corrected chi connectivity index (χ2v) is 4.71. The maximum Gasteiger partial charge on any atom is 0.146 e. The smallest absolute Gasteiger partial charge is 0.146 e. The lowest BCUT2D eigenvalue weighted by Crippen LogP contribution is -1.85. The molecule has 98 valence electrons. The molecular formula is C17H12O3. The Kier molecular flexibility index (Phi) is 2.41. The first kappa shape index (κ1) is 11.3. The summed E-state index contributed by atoms with van der Waals surface area (Å²) in [7, 11) is 0. The predicted molar refractivity (Wildman–Crippen MR) is 75.6 cm³/mol. The van der Waals surface area contributed by atoms with E-state index in [0.717, 1.165) is 33.9 Å². The summed E-state index contributed by atoms with van der Waals surface area (Å²) in [5, 5.41) is 9.33. The maximum atomic E-state index is 9.33. The average Bonchev–Trinajstić information content (AvgIpc) is 2.87. The van der Waals surface area contributed by atoms with Gasteiger partial charge in [-0.25, -0.2) is 0 Å². The van der Waals surface area contributed by atoms with Crippen LogP contribution < -0.4 is 4.74 Å². The lowest BCUT2D eigenvalue weighted by molar-refractivity contribution is 0.248. The van der Waals surface area contributed by atoms with Crippen molar-refractivity contribution in [3.63, 3.8) is 0 Å². The van der Waals surface area contributed by atoms with Gasteiger partial charge in [-0.3, -0.25) is 0 Å². The number of hydrogen-bond donors (Lipinski definition) is 1. The van der Waals surface area contributed by atoms with E-state index < -0.39 is 0 Å². The standard InChI is InChI=1S/C17H12O3/c18-10-11-9-14-12-5-1-3-7-15(12)20-16-8-4-2-6-13(16)17(14)19-11/h1-9,18H,10H2. The molecule has 3 aromatic rings. The summed E-state index contributed by atoms with van der Waals surface area (Å²) in [5.41, 5.74) is 2.83. The van der Waals surface area contributed by atoms with E-state index >= 15 is 0 Å². The van der Waals surface area contributed by atoms with Crippen molar-refractivity contribution >= 4 is 0 Å². The molecule has 1 aliphatic heterocycles. The van der Waals surface area contributed by atoms with Crippen LogP contribution in [-0.4, -0.2) is 5.11 Å². The molecule has 0 fully saturated rings. The second kappa shape index (κ2) is 4.25. The SMILES string of the molecule is OCc1cc2c(o1)-c1ccccc1Oc1ccccc1-2. The molecule has 1 N–H and O–H groups in total. The van der Waals surface area contributed by atoms with Gasteiger partial charge in [0.1, 0.15) is 29.6 Å². The predicted octanol–water partition coefficient (Wildman–Crippen LogP) is 4.21. The largest absolute Gasteiger partial charge is 0.458 e.